The van der Waals surface area contributed by atoms with Crippen LogP contribution in [0, 0.1) is 0 Å². The van der Waals surface area contributed by atoms with E-state index in [4.69, 9.17) is 16.3 Å². The summed E-state index contributed by atoms with van der Waals surface area (Å²) in [4.78, 5) is 17.6. The summed E-state index contributed by atoms with van der Waals surface area (Å²) in [7, 11) is 0. The molecule has 1 unspecified atom stereocenters. The molecule has 6 nitrogen and oxygen atoms in total. The second kappa shape index (κ2) is 6.10. The van der Waals surface area contributed by atoms with Gasteiger partial charge in [0.1, 0.15) is 0 Å². The first-order chi connectivity index (χ1) is 9.78. The fourth-order valence-corrected chi connectivity index (χ4v) is 3.04. The van der Waals surface area contributed by atoms with Crippen LogP contribution in [0.4, 0.5) is 11.9 Å². The molecule has 0 radical (unpaired) electrons. The monoisotopic (exact) mass is 297 g/mol. The maximum absolute atomic E-state index is 6.09. The molecule has 0 bridgehead atoms. The first kappa shape index (κ1) is 13.8. The van der Waals surface area contributed by atoms with Crippen molar-refractivity contribution in [2.45, 2.75) is 32.2 Å². The number of anilines is 2. The topological polar surface area (TPSA) is 54.4 Å². The van der Waals surface area contributed by atoms with E-state index in [0.29, 0.717) is 25.2 Å². The van der Waals surface area contributed by atoms with E-state index in [-0.39, 0.29) is 5.28 Å². The van der Waals surface area contributed by atoms with Gasteiger partial charge in [-0.15, -0.1) is 0 Å². The summed E-state index contributed by atoms with van der Waals surface area (Å²) in [5, 5.41) is 0.276. The summed E-state index contributed by atoms with van der Waals surface area (Å²) < 4.78 is 5.36. The van der Waals surface area contributed by atoms with Crippen molar-refractivity contribution >= 4 is 23.5 Å². The Morgan fingerprint density at radius 3 is 2.65 bits per heavy atom. The first-order valence-corrected chi connectivity index (χ1v) is 7.66. The van der Waals surface area contributed by atoms with Gasteiger partial charge >= 0.3 is 0 Å². The van der Waals surface area contributed by atoms with Crippen molar-refractivity contribution in [3.05, 3.63) is 5.28 Å². The molecule has 0 spiro atoms. The van der Waals surface area contributed by atoms with Gasteiger partial charge in [-0.1, -0.05) is 6.92 Å². The van der Waals surface area contributed by atoms with Gasteiger partial charge in [0.25, 0.3) is 0 Å². The Hall–Kier alpha value is -1.14. The Balaban J connectivity index is 1.86. The van der Waals surface area contributed by atoms with Crippen LogP contribution < -0.4 is 9.80 Å². The number of nitrogens with zero attached hydrogens (tertiary/aromatic N) is 5. The summed E-state index contributed by atoms with van der Waals surface area (Å²) in [6.45, 7) is 6.23. The second-order valence-electron chi connectivity index (χ2n) is 5.20. The highest BCUT2D eigenvalue weighted by atomic mass is 35.5. The maximum Gasteiger partial charge on any atom is 0.231 e. The third-order valence-corrected chi connectivity index (χ3v) is 4.15. The van der Waals surface area contributed by atoms with Crippen molar-refractivity contribution in [1.82, 2.24) is 15.0 Å². The molecule has 1 atom stereocenters. The lowest BCUT2D eigenvalue weighted by Gasteiger charge is -2.28. The zero-order valence-electron chi connectivity index (χ0n) is 11.8. The van der Waals surface area contributed by atoms with Gasteiger partial charge in [-0.05, 0) is 30.9 Å². The van der Waals surface area contributed by atoms with Crippen molar-refractivity contribution in [1.29, 1.82) is 0 Å². The molecule has 20 heavy (non-hydrogen) atoms. The summed E-state index contributed by atoms with van der Waals surface area (Å²) in [6, 6.07) is 0.519. The lowest BCUT2D eigenvalue weighted by molar-refractivity contribution is 0.122. The standard InChI is InChI=1S/C13H20ClN5O/c1-2-10-4-3-5-19(10)13-16-11(14)15-12(17-13)18-6-8-20-9-7-18/h10H,2-9H2,1H3. The van der Waals surface area contributed by atoms with Gasteiger partial charge in [-0.3, -0.25) is 0 Å². The van der Waals surface area contributed by atoms with E-state index >= 15 is 0 Å². The lowest BCUT2D eigenvalue weighted by Crippen LogP contribution is -2.38. The SMILES string of the molecule is CCC1CCCN1c1nc(Cl)nc(N2CCOCC2)n1. The van der Waals surface area contributed by atoms with Crippen molar-refractivity contribution in [2.24, 2.45) is 0 Å². The van der Waals surface area contributed by atoms with Crippen LogP contribution in [0.1, 0.15) is 26.2 Å². The smallest absolute Gasteiger partial charge is 0.231 e. The van der Waals surface area contributed by atoms with Crippen molar-refractivity contribution in [3.8, 4) is 0 Å². The van der Waals surface area contributed by atoms with Gasteiger partial charge in [-0.2, -0.15) is 15.0 Å². The van der Waals surface area contributed by atoms with Gasteiger partial charge in [0.2, 0.25) is 17.2 Å². The van der Waals surface area contributed by atoms with Crippen LogP contribution in [0.15, 0.2) is 0 Å². The Bertz CT molecular complexity index is 466. The van der Waals surface area contributed by atoms with E-state index < -0.39 is 0 Å². The zero-order chi connectivity index (χ0) is 13.9. The van der Waals surface area contributed by atoms with Crippen LogP contribution in [-0.4, -0.2) is 53.8 Å². The van der Waals surface area contributed by atoms with E-state index in [0.717, 1.165) is 32.0 Å². The van der Waals surface area contributed by atoms with Gasteiger partial charge in [-0.25, -0.2) is 0 Å². The average molecular weight is 298 g/mol. The van der Waals surface area contributed by atoms with Crippen molar-refractivity contribution < 1.29 is 4.74 Å². The fourth-order valence-electron chi connectivity index (χ4n) is 2.89. The van der Waals surface area contributed by atoms with Crippen LogP contribution in [0.5, 0.6) is 0 Å². The molecule has 1 aromatic heterocycles. The average Bonchev–Trinajstić information content (AvgIpc) is 2.96. The highest BCUT2D eigenvalue weighted by molar-refractivity contribution is 6.28. The van der Waals surface area contributed by atoms with Crippen LogP contribution >= 0.6 is 11.6 Å². The predicted octanol–water partition coefficient (Wildman–Crippen LogP) is 1.74. The molecule has 3 rings (SSSR count). The third-order valence-electron chi connectivity index (χ3n) is 3.98. The van der Waals surface area contributed by atoms with E-state index in [1.54, 1.807) is 0 Å². The van der Waals surface area contributed by atoms with Crippen LogP contribution in [0.3, 0.4) is 0 Å². The molecule has 0 saturated carbocycles. The molecule has 0 amide bonds. The van der Waals surface area contributed by atoms with Crippen LogP contribution in [0.25, 0.3) is 0 Å². The summed E-state index contributed by atoms with van der Waals surface area (Å²) in [6.07, 6.45) is 3.50. The van der Waals surface area contributed by atoms with Crippen molar-refractivity contribution in [2.75, 3.05) is 42.6 Å². The van der Waals surface area contributed by atoms with Gasteiger partial charge < -0.3 is 14.5 Å². The minimum absolute atomic E-state index is 0.276. The molecule has 3 heterocycles. The number of rotatable bonds is 3. The number of hydrogen-bond donors (Lipinski definition) is 0. The molecule has 2 aliphatic heterocycles. The van der Waals surface area contributed by atoms with Gasteiger partial charge in [0.15, 0.2) is 0 Å². The van der Waals surface area contributed by atoms with E-state index in [1.807, 2.05) is 0 Å². The Labute approximate surface area is 124 Å². The molecule has 7 heteroatoms. The second-order valence-corrected chi connectivity index (χ2v) is 5.54. The molecule has 0 aliphatic carbocycles. The summed E-state index contributed by atoms with van der Waals surface area (Å²) in [5.41, 5.74) is 0. The number of halogens is 1. The van der Waals surface area contributed by atoms with Gasteiger partial charge in [0.05, 0.1) is 13.2 Å². The summed E-state index contributed by atoms with van der Waals surface area (Å²) in [5.74, 6) is 1.39. The minimum Gasteiger partial charge on any atom is -0.378 e. The molecule has 0 N–H and O–H groups in total. The third kappa shape index (κ3) is 2.81. The molecule has 2 aliphatic rings. The number of morpholine rings is 1. The van der Waals surface area contributed by atoms with Crippen LogP contribution in [0.2, 0.25) is 5.28 Å². The normalized spacial score (nSPS) is 23.4. The highest BCUT2D eigenvalue weighted by Crippen LogP contribution is 2.26. The predicted molar refractivity (Wildman–Crippen MR) is 78.5 cm³/mol. The molecular weight excluding hydrogens is 278 g/mol. The zero-order valence-corrected chi connectivity index (χ0v) is 12.5. The van der Waals surface area contributed by atoms with E-state index in [2.05, 4.69) is 31.7 Å². The molecule has 110 valence electrons. The Morgan fingerprint density at radius 1 is 1.15 bits per heavy atom. The van der Waals surface area contributed by atoms with E-state index in [9.17, 15) is 0 Å². The Kier molecular flexibility index (Phi) is 4.21. The molecule has 2 fully saturated rings. The molecule has 0 aromatic carbocycles. The number of hydrogen-bond acceptors (Lipinski definition) is 6. The van der Waals surface area contributed by atoms with Gasteiger partial charge in [0, 0.05) is 25.7 Å². The summed E-state index contributed by atoms with van der Waals surface area (Å²) >= 11 is 6.09. The number of aromatic nitrogens is 3. The largest absolute Gasteiger partial charge is 0.378 e. The lowest BCUT2D eigenvalue weighted by atomic mass is 10.2. The minimum atomic E-state index is 0.276. The van der Waals surface area contributed by atoms with Crippen LogP contribution in [-0.2, 0) is 4.74 Å². The van der Waals surface area contributed by atoms with E-state index in [1.165, 1.54) is 12.8 Å². The molecule has 2 saturated heterocycles. The quantitative estimate of drug-likeness (QED) is 0.847. The molecular formula is C13H20ClN5O. The highest BCUT2D eigenvalue weighted by Gasteiger charge is 2.27. The maximum atomic E-state index is 6.09. The fraction of sp³-hybridized carbons (Fsp3) is 0.769. The molecule has 1 aromatic rings. The number of ether oxygens (including phenoxy) is 1. The van der Waals surface area contributed by atoms with Crippen molar-refractivity contribution in [3.63, 3.8) is 0 Å². The first-order valence-electron chi connectivity index (χ1n) is 7.29. The Morgan fingerprint density at radius 2 is 1.90 bits per heavy atom.